The summed E-state index contributed by atoms with van der Waals surface area (Å²) in [5.41, 5.74) is 3.21. The monoisotopic (exact) mass is 343 g/mol. The van der Waals surface area contributed by atoms with Gasteiger partial charge in [-0.15, -0.1) is 0 Å². The second kappa shape index (κ2) is 8.01. The number of rotatable bonds is 6. The second-order valence-electron chi connectivity index (χ2n) is 6.03. The van der Waals surface area contributed by atoms with E-state index >= 15 is 0 Å². The minimum atomic E-state index is -0.544. The summed E-state index contributed by atoms with van der Waals surface area (Å²) < 4.78 is 10.1. The number of carbonyl (C=O) groups excluding carboxylic acids is 1. The molecule has 1 aromatic carbocycles. The summed E-state index contributed by atoms with van der Waals surface area (Å²) in [6.07, 6.45) is 1.42. The van der Waals surface area contributed by atoms with Crippen molar-refractivity contribution in [3.8, 4) is 11.5 Å². The number of aromatic hydroxyl groups is 1. The molecule has 2 rings (SSSR count). The summed E-state index contributed by atoms with van der Waals surface area (Å²) in [4.78, 5) is 16.8. The van der Waals surface area contributed by atoms with Gasteiger partial charge in [0, 0.05) is 5.92 Å². The Morgan fingerprint density at radius 1 is 1.24 bits per heavy atom. The number of aryl methyl sites for hydroxylation is 1. The molecule has 0 fully saturated rings. The molecule has 0 saturated heterocycles. The molecule has 1 unspecified atom stereocenters. The lowest BCUT2D eigenvalue weighted by molar-refractivity contribution is 0.0596. The lowest BCUT2D eigenvalue weighted by Crippen LogP contribution is -2.13. The Balaban J connectivity index is 2.58. The molecule has 0 spiro atoms. The standard InChI is InChI=1S/C20H25NO4/c1-6-7-16-19(22)17(20(23)25-5)13(3)18(21-16)12(2)14-8-10-15(24-4)11-9-14/h8-12,22H,6-7H2,1-5H3. The van der Waals surface area contributed by atoms with Gasteiger partial charge in [-0.05, 0) is 36.6 Å². The normalized spacial score (nSPS) is 11.9. The van der Waals surface area contributed by atoms with Gasteiger partial charge in [0.15, 0.2) is 5.75 Å². The van der Waals surface area contributed by atoms with E-state index in [1.54, 1.807) is 14.0 Å². The van der Waals surface area contributed by atoms with Crippen LogP contribution in [0.4, 0.5) is 0 Å². The summed E-state index contributed by atoms with van der Waals surface area (Å²) in [5, 5.41) is 10.5. The van der Waals surface area contributed by atoms with Gasteiger partial charge in [0.05, 0.1) is 25.6 Å². The number of benzene rings is 1. The van der Waals surface area contributed by atoms with Crippen LogP contribution in [0.2, 0.25) is 0 Å². The Morgan fingerprint density at radius 3 is 2.40 bits per heavy atom. The Hall–Kier alpha value is -2.56. The molecule has 5 heteroatoms. The fraction of sp³-hybridized carbons (Fsp3) is 0.400. The van der Waals surface area contributed by atoms with Crippen molar-refractivity contribution in [1.29, 1.82) is 0 Å². The molecule has 1 aromatic heterocycles. The van der Waals surface area contributed by atoms with Gasteiger partial charge in [0.2, 0.25) is 0 Å². The van der Waals surface area contributed by atoms with Crippen molar-refractivity contribution in [2.45, 2.75) is 39.5 Å². The minimum absolute atomic E-state index is 0.0366. The van der Waals surface area contributed by atoms with E-state index < -0.39 is 5.97 Å². The first-order valence-electron chi connectivity index (χ1n) is 8.39. The number of nitrogens with zero attached hydrogens (tertiary/aromatic N) is 1. The first kappa shape index (κ1) is 18.8. The molecule has 25 heavy (non-hydrogen) atoms. The molecule has 5 nitrogen and oxygen atoms in total. The third kappa shape index (κ3) is 3.76. The topological polar surface area (TPSA) is 68.7 Å². The predicted octanol–water partition coefficient (Wildman–Crippen LogP) is 4.00. The van der Waals surface area contributed by atoms with E-state index in [1.165, 1.54) is 7.11 Å². The van der Waals surface area contributed by atoms with E-state index in [-0.39, 0.29) is 17.2 Å². The molecule has 134 valence electrons. The van der Waals surface area contributed by atoms with Gasteiger partial charge >= 0.3 is 5.97 Å². The average Bonchev–Trinajstić information content (AvgIpc) is 2.63. The van der Waals surface area contributed by atoms with Crippen molar-refractivity contribution in [3.63, 3.8) is 0 Å². The molecular formula is C20H25NO4. The highest BCUT2D eigenvalue weighted by Crippen LogP contribution is 2.34. The lowest BCUT2D eigenvalue weighted by Gasteiger charge is -2.19. The van der Waals surface area contributed by atoms with Gasteiger partial charge in [-0.25, -0.2) is 4.79 Å². The Labute approximate surface area is 148 Å². The molecule has 0 saturated carbocycles. The quantitative estimate of drug-likeness (QED) is 0.803. The first-order chi connectivity index (χ1) is 11.9. The number of carbonyl (C=O) groups is 1. The lowest BCUT2D eigenvalue weighted by atomic mass is 9.91. The molecule has 1 N–H and O–H groups in total. The van der Waals surface area contributed by atoms with Crippen LogP contribution < -0.4 is 4.74 Å². The van der Waals surface area contributed by atoms with Crippen LogP contribution in [0.3, 0.4) is 0 Å². The third-order valence-electron chi connectivity index (χ3n) is 4.43. The van der Waals surface area contributed by atoms with Gasteiger partial charge in [0.1, 0.15) is 11.3 Å². The number of methoxy groups -OCH3 is 2. The molecule has 0 radical (unpaired) electrons. The van der Waals surface area contributed by atoms with Crippen molar-refractivity contribution in [2.24, 2.45) is 0 Å². The largest absolute Gasteiger partial charge is 0.505 e. The highest BCUT2D eigenvalue weighted by atomic mass is 16.5. The van der Waals surface area contributed by atoms with E-state index in [9.17, 15) is 9.90 Å². The van der Waals surface area contributed by atoms with E-state index in [0.29, 0.717) is 17.7 Å². The van der Waals surface area contributed by atoms with Crippen LogP contribution >= 0.6 is 0 Å². The first-order valence-corrected chi connectivity index (χ1v) is 8.39. The van der Waals surface area contributed by atoms with Crippen LogP contribution in [0.25, 0.3) is 0 Å². The molecule has 2 aromatic rings. The van der Waals surface area contributed by atoms with Crippen molar-refractivity contribution in [1.82, 2.24) is 4.98 Å². The molecule has 0 aliphatic heterocycles. The Kier molecular flexibility index (Phi) is 6.02. The van der Waals surface area contributed by atoms with Gasteiger partial charge in [-0.2, -0.15) is 0 Å². The molecule has 0 amide bonds. The summed E-state index contributed by atoms with van der Waals surface area (Å²) in [7, 11) is 2.94. The van der Waals surface area contributed by atoms with E-state index in [2.05, 4.69) is 4.98 Å². The SMILES string of the molecule is CCCc1nc(C(C)c2ccc(OC)cc2)c(C)c(C(=O)OC)c1O. The van der Waals surface area contributed by atoms with Gasteiger partial charge < -0.3 is 14.6 Å². The highest BCUT2D eigenvalue weighted by molar-refractivity contribution is 5.94. The highest BCUT2D eigenvalue weighted by Gasteiger charge is 2.25. The Bertz CT molecular complexity index is 753. The minimum Gasteiger partial charge on any atom is -0.505 e. The molecular weight excluding hydrogens is 318 g/mol. The number of esters is 1. The average molecular weight is 343 g/mol. The smallest absolute Gasteiger partial charge is 0.342 e. The van der Waals surface area contributed by atoms with Crippen LogP contribution in [0.5, 0.6) is 11.5 Å². The number of ether oxygens (including phenoxy) is 2. The fourth-order valence-corrected chi connectivity index (χ4v) is 2.97. The van der Waals surface area contributed by atoms with Crippen LogP contribution in [0.15, 0.2) is 24.3 Å². The van der Waals surface area contributed by atoms with E-state index in [4.69, 9.17) is 9.47 Å². The number of hydrogen-bond acceptors (Lipinski definition) is 5. The molecule has 1 atom stereocenters. The zero-order chi connectivity index (χ0) is 18.6. The van der Waals surface area contributed by atoms with Gasteiger partial charge in [-0.1, -0.05) is 32.4 Å². The van der Waals surface area contributed by atoms with Gasteiger partial charge in [-0.3, -0.25) is 4.98 Å². The molecule has 0 aliphatic carbocycles. The summed E-state index contributed by atoms with van der Waals surface area (Å²) in [6.45, 7) is 5.83. The molecule has 0 bridgehead atoms. The van der Waals surface area contributed by atoms with Crippen molar-refractivity contribution in [2.75, 3.05) is 14.2 Å². The van der Waals surface area contributed by atoms with E-state index in [0.717, 1.165) is 23.4 Å². The Morgan fingerprint density at radius 2 is 1.88 bits per heavy atom. The zero-order valence-corrected chi connectivity index (χ0v) is 15.4. The summed E-state index contributed by atoms with van der Waals surface area (Å²) in [6, 6.07) is 7.76. The van der Waals surface area contributed by atoms with Crippen LogP contribution in [-0.4, -0.2) is 30.3 Å². The van der Waals surface area contributed by atoms with Crippen LogP contribution in [-0.2, 0) is 11.2 Å². The van der Waals surface area contributed by atoms with Crippen LogP contribution in [0, 0.1) is 6.92 Å². The van der Waals surface area contributed by atoms with Crippen molar-refractivity contribution in [3.05, 3.63) is 52.3 Å². The number of pyridine rings is 1. The van der Waals surface area contributed by atoms with E-state index in [1.807, 2.05) is 38.1 Å². The molecule has 0 aliphatic rings. The summed E-state index contributed by atoms with van der Waals surface area (Å²) in [5.74, 6) is 0.133. The van der Waals surface area contributed by atoms with Crippen LogP contribution in [0.1, 0.15) is 59.1 Å². The summed E-state index contributed by atoms with van der Waals surface area (Å²) >= 11 is 0. The third-order valence-corrected chi connectivity index (χ3v) is 4.43. The second-order valence-corrected chi connectivity index (χ2v) is 6.03. The zero-order valence-electron chi connectivity index (χ0n) is 15.4. The number of hydrogen-bond donors (Lipinski definition) is 1. The molecule has 1 heterocycles. The maximum atomic E-state index is 12.2. The van der Waals surface area contributed by atoms with Crippen molar-refractivity contribution < 1.29 is 19.4 Å². The van der Waals surface area contributed by atoms with Gasteiger partial charge in [0.25, 0.3) is 0 Å². The predicted molar refractivity (Wildman–Crippen MR) is 96.5 cm³/mol. The number of aromatic nitrogens is 1. The maximum absolute atomic E-state index is 12.2. The van der Waals surface area contributed by atoms with Crippen molar-refractivity contribution >= 4 is 5.97 Å². The fourth-order valence-electron chi connectivity index (χ4n) is 2.97. The maximum Gasteiger partial charge on any atom is 0.342 e.